The molecule has 0 saturated heterocycles. The van der Waals surface area contributed by atoms with Gasteiger partial charge in [-0.3, -0.25) is 23.4 Å². The summed E-state index contributed by atoms with van der Waals surface area (Å²) in [5, 5.41) is 9.78. The van der Waals surface area contributed by atoms with Gasteiger partial charge in [0, 0.05) is 12.8 Å². The van der Waals surface area contributed by atoms with E-state index in [1.807, 2.05) is 30.4 Å². The first-order chi connectivity index (χ1) is 36.2. The molecule has 0 rings (SSSR count). The van der Waals surface area contributed by atoms with Crippen molar-refractivity contribution in [3.63, 3.8) is 0 Å². The van der Waals surface area contributed by atoms with Crippen LogP contribution < -0.4 is 0 Å². The number of carbonyl (C=O) groups excluding carboxylic acids is 3. The first kappa shape index (κ1) is 69.6. The fourth-order valence-electron chi connectivity index (χ4n) is 6.88. The van der Waals surface area contributed by atoms with E-state index in [0.717, 1.165) is 89.9 Å². The number of allylic oxidation sites excluding steroid dienone is 21. The minimum absolute atomic E-state index is 0.0178. The molecule has 0 aromatic rings. The molecule has 0 aliphatic heterocycles. The van der Waals surface area contributed by atoms with Gasteiger partial charge in [0.25, 0.3) is 0 Å². The van der Waals surface area contributed by atoms with Gasteiger partial charge in [-0.2, -0.15) is 0 Å². The highest BCUT2D eigenvalue weighted by Crippen LogP contribution is 2.43. The molecule has 2 N–H and O–H groups in total. The molecule has 0 amide bonds. The van der Waals surface area contributed by atoms with E-state index in [4.69, 9.17) is 23.3 Å². The number of hydrogen-bond donors (Lipinski definition) is 2. The van der Waals surface area contributed by atoms with Gasteiger partial charge >= 0.3 is 25.7 Å². The molecule has 0 saturated carbocycles. The Morgan fingerprint density at radius 1 is 0.405 bits per heavy atom. The molecule has 0 heterocycles. The van der Waals surface area contributed by atoms with Crippen LogP contribution in [0.25, 0.3) is 0 Å². The Morgan fingerprint density at radius 3 is 1.23 bits per heavy atom. The average molecular weight is 1050 g/mol. The second kappa shape index (κ2) is 54.9. The van der Waals surface area contributed by atoms with Crippen molar-refractivity contribution in [3.8, 4) is 0 Å². The predicted octanol–water partition coefficient (Wildman–Crippen LogP) is 16.6. The maximum atomic E-state index is 12.9. The van der Waals surface area contributed by atoms with Crippen LogP contribution in [0.3, 0.4) is 0 Å². The highest BCUT2D eigenvalue weighted by atomic mass is 31.2. The summed E-state index contributed by atoms with van der Waals surface area (Å²) in [6.45, 7) is 4.17. The van der Waals surface area contributed by atoms with Crippen molar-refractivity contribution in [3.05, 3.63) is 134 Å². The lowest BCUT2D eigenvalue weighted by Crippen LogP contribution is -2.30. The molecule has 0 aliphatic rings. The summed E-state index contributed by atoms with van der Waals surface area (Å²) < 4.78 is 39.3. The molecule has 0 aromatic carbocycles. The van der Waals surface area contributed by atoms with E-state index in [9.17, 15) is 28.9 Å². The van der Waals surface area contributed by atoms with Gasteiger partial charge in [0.1, 0.15) is 12.7 Å². The number of aliphatic hydroxyl groups excluding tert-OH is 1. The smallest absolute Gasteiger partial charge is 0.461 e. The fourth-order valence-corrected chi connectivity index (χ4v) is 7.67. The van der Waals surface area contributed by atoms with Gasteiger partial charge in [0.15, 0.2) is 6.10 Å². The van der Waals surface area contributed by atoms with Crippen LogP contribution in [0.2, 0.25) is 0 Å². The molecule has 74 heavy (non-hydrogen) atoms. The van der Waals surface area contributed by atoms with Crippen molar-refractivity contribution in [2.75, 3.05) is 26.4 Å². The zero-order valence-electron chi connectivity index (χ0n) is 46.0. The molecule has 0 fully saturated rings. The van der Waals surface area contributed by atoms with E-state index in [2.05, 4.69) is 118 Å². The molecule has 12 heteroatoms. The van der Waals surface area contributed by atoms with Crippen molar-refractivity contribution in [2.45, 2.75) is 213 Å². The van der Waals surface area contributed by atoms with Crippen LogP contribution >= 0.6 is 7.82 Å². The van der Waals surface area contributed by atoms with Gasteiger partial charge in [-0.05, 0) is 103 Å². The Bertz CT molecular complexity index is 1750. The topological polar surface area (TPSA) is 155 Å². The van der Waals surface area contributed by atoms with E-state index in [1.165, 1.54) is 51.4 Å². The summed E-state index contributed by atoms with van der Waals surface area (Å²) in [7, 11) is -4.79. The van der Waals surface area contributed by atoms with Crippen LogP contribution in [-0.2, 0) is 42.2 Å². The molecule has 418 valence electrons. The first-order valence-electron chi connectivity index (χ1n) is 28.1. The minimum atomic E-state index is -4.79. The van der Waals surface area contributed by atoms with Crippen molar-refractivity contribution in [1.82, 2.24) is 0 Å². The molecule has 0 aromatic heterocycles. The quantitative estimate of drug-likeness (QED) is 0.0197. The fraction of sp³-hybridized carbons (Fsp3) is 0.597. The lowest BCUT2D eigenvalue weighted by molar-refractivity contribution is -0.161. The standard InChI is InChI=1S/C62H99O11P/c1-4-7-10-13-16-19-22-25-27-28-29-30-32-35-38-41-44-47-50-53-62(66)73-59(55-69-60(64)51-48-45-42-39-36-34-31-26-23-20-17-14-11-8-5-2)57-71-74(67,68)70-56-58(54-63)72-61(65)52-49-46-43-40-37-33-24-21-18-15-12-9-6-3/h8-9,11-12,16-21,25-27,31,33,36-37,39,43,45-46,48,58-59,63H,4-7,10,13-15,22-24,28-30,32,34-35,38,40-42,44,47,49-57H2,1-3H3,(H,67,68)/b11-8-,12-9-,19-16-,20-17-,21-18-,27-25-,31-26-,37-33-,39-36-,46-43-,48-45-. The zero-order chi connectivity index (χ0) is 54.1. The van der Waals surface area contributed by atoms with Crippen molar-refractivity contribution in [2.24, 2.45) is 0 Å². The van der Waals surface area contributed by atoms with E-state index >= 15 is 0 Å². The minimum Gasteiger partial charge on any atom is -0.461 e. The highest BCUT2D eigenvalue weighted by molar-refractivity contribution is 7.47. The Hall–Kier alpha value is -4.38. The van der Waals surface area contributed by atoms with Crippen LogP contribution in [-0.4, -0.2) is 66.5 Å². The number of phosphoric ester groups is 1. The normalized spacial score (nSPS) is 14.4. The number of unbranched alkanes of at least 4 members (excludes halogenated alkanes) is 12. The monoisotopic (exact) mass is 1050 g/mol. The number of rotatable bonds is 50. The third-order valence-corrected chi connectivity index (χ3v) is 12.0. The number of esters is 3. The second-order valence-corrected chi connectivity index (χ2v) is 19.4. The lowest BCUT2D eigenvalue weighted by atomic mass is 10.1. The summed E-state index contributed by atoms with van der Waals surface area (Å²) in [4.78, 5) is 48.4. The van der Waals surface area contributed by atoms with Gasteiger partial charge in [-0.15, -0.1) is 0 Å². The van der Waals surface area contributed by atoms with Gasteiger partial charge in [0.05, 0.1) is 26.2 Å². The van der Waals surface area contributed by atoms with Crippen LogP contribution in [0, 0.1) is 0 Å². The summed E-state index contributed by atoms with van der Waals surface area (Å²) in [6, 6.07) is 0. The van der Waals surface area contributed by atoms with E-state index in [0.29, 0.717) is 19.3 Å². The van der Waals surface area contributed by atoms with Crippen molar-refractivity contribution in [1.29, 1.82) is 0 Å². The Labute approximate surface area is 449 Å². The van der Waals surface area contributed by atoms with E-state index in [-0.39, 0.29) is 19.3 Å². The number of ether oxygens (including phenoxy) is 3. The zero-order valence-corrected chi connectivity index (χ0v) is 46.9. The van der Waals surface area contributed by atoms with E-state index in [1.54, 1.807) is 6.08 Å². The number of aliphatic hydroxyl groups is 1. The Balaban J connectivity index is 4.91. The molecule has 3 atom stereocenters. The van der Waals surface area contributed by atoms with Crippen molar-refractivity contribution >= 4 is 25.7 Å². The number of hydrogen-bond acceptors (Lipinski definition) is 10. The lowest BCUT2D eigenvalue weighted by Gasteiger charge is -2.21. The Morgan fingerprint density at radius 2 is 0.770 bits per heavy atom. The SMILES string of the molecule is CC/C=C\C/C=C\C/C=C\C/C=C\C/C=C\CC(=O)OCC(COP(=O)(O)OCC(CO)OC(=O)CC/C=C\C/C=C\C/C=C\C/C=C\CC)OC(=O)CCCCCCCCCCC/C=C\C/C=C\CCCCC. The van der Waals surface area contributed by atoms with Crippen LogP contribution in [0.4, 0.5) is 0 Å². The summed E-state index contributed by atoms with van der Waals surface area (Å²) in [5.41, 5.74) is 0. The van der Waals surface area contributed by atoms with Gasteiger partial charge in [0.2, 0.25) is 0 Å². The van der Waals surface area contributed by atoms with Gasteiger partial charge in [-0.25, -0.2) is 4.57 Å². The second-order valence-electron chi connectivity index (χ2n) is 18.0. The maximum absolute atomic E-state index is 12.9. The molecule has 0 spiro atoms. The van der Waals surface area contributed by atoms with Crippen LogP contribution in [0.1, 0.15) is 201 Å². The Kier molecular flexibility index (Phi) is 51.6. The molecule has 11 nitrogen and oxygen atoms in total. The predicted molar refractivity (Wildman–Crippen MR) is 306 cm³/mol. The third-order valence-electron chi connectivity index (χ3n) is 11.1. The van der Waals surface area contributed by atoms with Crippen LogP contribution in [0.15, 0.2) is 134 Å². The van der Waals surface area contributed by atoms with Crippen molar-refractivity contribution < 1.29 is 52.2 Å². The van der Waals surface area contributed by atoms with E-state index < -0.39 is 64.4 Å². The molecule has 0 bridgehead atoms. The summed E-state index contributed by atoms with van der Waals surface area (Å²) >= 11 is 0. The molecular weight excluding hydrogens is 952 g/mol. The molecule has 0 radical (unpaired) electrons. The first-order valence-corrected chi connectivity index (χ1v) is 29.6. The summed E-state index contributed by atoms with van der Waals surface area (Å²) in [6.07, 6.45) is 68.9. The van der Waals surface area contributed by atoms with Crippen LogP contribution in [0.5, 0.6) is 0 Å². The molecular formula is C62H99O11P. The number of carbonyl (C=O) groups is 3. The van der Waals surface area contributed by atoms with Gasteiger partial charge < -0.3 is 24.2 Å². The maximum Gasteiger partial charge on any atom is 0.472 e. The highest BCUT2D eigenvalue weighted by Gasteiger charge is 2.28. The molecule has 0 aliphatic carbocycles. The molecule has 3 unspecified atom stereocenters. The summed E-state index contributed by atoms with van der Waals surface area (Å²) in [5.74, 6) is -1.72. The average Bonchev–Trinajstić information content (AvgIpc) is 3.39. The number of phosphoric acid groups is 1. The largest absolute Gasteiger partial charge is 0.472 e. The van der Waals surface area contributed by atoms with Gasteiger partial charge in [-0.1, -0.05) is 212 Å². The third kappa shape index (κ3) is 52.5.